The van der Waals surface area contributed by atoms with Crippen LogP contribution in [0.4, 0.5) is 0 Å². The van der Waals surface area contributed by atoms with E-state index in [9.17, 15) is 19.5 Å². The van der Waals surface area contributed by atoms with Crippen LogP contribution in [0.5, 0.6) is 0 Å². The lowest BCUT2D eigenvalue weighted by atomic mass is 10.1. The van der Waals surface area contributed by atoms with Crippen LogP contribution in [-0.2, 0) is 9.59 Å². The quantitative estimate of drug-likeness (QED) is 0.638. The van der Waals surface area contributed by atoms with Crippen LogP contribution in [-0.4, -0.2) is 40.0 Å². The fourth-order valence-corrected chi connectivity index (χ4v) is 2.12. The van der Waals surface area contributed by atoms with Gasteiger partial charge in [-0.1, -0.05) is 6.07 Å². The van der Waals surface area contributed by atoms with Crippen molar-refractivity contribution >= 4 is 29.0 Å². The van der Waals surface area contributed by atoms with Gasteiger partial charge in [0.1, 0.15) is 0 Å². The topological polar surface area (TPSA) is 104 Å². The summed E-state index contributed by atoms with van der Waals surface area (Å²) in [7, 11) is 0. The number of carboxylic acids is 1. The van der Waals surface area contributed by atoms with Gasteiger partial charge in [-0.2, -0.15) is 0 Å². The largest absolute Gasteiger partial charge is 0.480 e. The number of aliphatic carboxylic acids is 1. The summed E-state index contributed by atoms with van der Waals surface area (Å²) >= 11 is 1.29. The molecule has 1 amide bonds. The maximum Gasteiger partial charge on any atom is 0.328 e. The molecule has 0 aliphatic heterocycles. The van der Waals surface area contributed by atoms with Crippen molar-refractivity contribution in [3.8, 4) is 0 Å². The number of ketones is 1. The third-order valence-electron chi connectivity index (χ3n) is 2.44. The van der Waals surface area contributed by atoms with Gasteiger partial charge in [-0.05, 0) is 18.4 Å². The first-order valence-corrected chi connectivity index (χ1v) is 6.56. The first kappa shape index (κ1) is 15.3. The van der Waals surface area contributed by atoms with E-state index < -0.39 is 24.0 Å². The zero-order chi connectivity index (χ0) is 14.4. The number of carbonyl (C=O) groups is 3. The van der Waals surface area contributed by atoms with Gasteiger partial charge in [-0.3, -0.25) is 9.59 Å². The van der Waals surface area contributed by atoms with Crippen molar-refractivity contribution in [3.05, 3.63) is 22.4 Å². The molecule has 7 heteroatoms. The Balaban J connectivity index is 2.43. The molecule has 2 unspecified atom stereocenters. The van der Waals surface area contributed by atoms with E-state index in [-0.39, 0.29) is 18.6 Å². The zero-order valence-corrected chi connectivity index (χ0v) is 11.1. The lowest BCUT2D eigenvalue weighted by Gasteiger charge is -2.16. The number of amides is 1. The minimum absolute atomic E-state index is 0.0124. The van der Waals surface area contributed by atoms with Crippen LogP contribution in [0.1, 0.15) is 29.4 Å². The van der Waals surface area contributed by atoms with Crippen molar-refractivity contribution in [2.45, 2.75) is 31.9 Å². The smallest absolute Gasteiger partial charge is 0.328 e. The predicted molar refractivity (Wildman–Crippen MR) is 69.1 cm³/mol. The Morgan fingerprint density at radius 1 is 1.37 bits per heavy atom. The van der Waals surface area contributed by atoms with Crippen molar-refractivity contribution in [2.75, 3.05) is 0 Å². The van der Waals surface area contributed by atoms with E-state index in [4.69, 9.17) is 5.11 Å². The standard InChI is InChI=1S/C12H15NO5S/c1-7(14)11(12(17)18)13-10(16)5-4-8(15)9-3-2-6-19-9/h2-3,6-7,11,14H,4-5H2,1H3,(H,13,16)(H,17,18). The molecule has 3 N–H and O–H groups in total. The summed E-state index contributed by atoms with van der Waals surface area (Å²) in [5.41, 5.74) is 0. The molecule has 1 aromatic heterocycles. The SMILES string of the molecule is CC(O)C(NC(=O)CCC(=O)c1cccs1)C(=O)O. The Morgan fingerprint density at radius 3 is 2.53 bits per heavy atom. The van der Waals surface area contributed by atoms with Crippen LogP contribution in [0.25, 0.3) is 0 Å². The molecule has 0 spiro atoms. The van der Waals surface area contributed by atoms with E-state index >= 15 is 0 Å². The average Bonchev–Trinajstić information content (AvgIpc) is 2.85. The fourth-order valence-electron chi connectivity index (χ4n) is 1.42. The molecular formula is C12H15NO5S. The van der Waals surface area contributed by atoms with E-state index in [0.717, 1.165) is 0 Å². The van der Waals surface area contributed by atoms with Crippen molar-refractivity contribution in [1.82, 2.24) is 5.32 Å². The molecular weight excluding hydrogens is 270 g/mol. The van der Waals surface area contributed by atoms with E-state index in [1.165, 1.54) is 18.3 Å². The van der Waals surface area contributed by atoms with E-state index in [1.807, 2.05) is 0 Å². The summed E-state index contributed by atoms with van der Waals surface area (Å²) in [5.74, 6) is -2.04. The number of rotatable bonds is 7. The Labute approximate surface area is 114 Å². The molecule has 0 aliphatic rings. The van der Waals surface area contributed by atoms with Crippen LogP contribution < -0.4 is 5.32 Å². The maximum absolute atomic E-state index is 11.6. The van der Waals surface area contributed by atoms with Crippen molar-refractivity contribution in [1.29, 1.82) is 0 Å². The number of nitrogens with one attached hydrogen (secondary N) is 1. The second kappa shape index (κ2) is 7.01. The first-order valence-electron chi connectivity index (χ1n) is 5.68. The van der Waals surface area contributed by atoms with Crippen LogP contribution in [0, 0.1) is 0 Å². The van der Waals surface area contributed by atoms with Gasteiger partial charge >= 0.3 is 5.97 Å². The molecule has 0 saturated carbocycles. The van der Waals surface area contributed by atoms with Crippen molar-refractivity contribution < 1.29 is 24.6 Å². The van der Waals surface area contributed by atoms with Crippen LogP contribution in [0.2, 0.25) is 0 Å². The minimum Gasteiger partial charge on any atom is -0.480 e. The van der Waals surface area contributed by atoms with Gasteiger partial charge in [0.2, 0.25) is 5.91 Å². The normalized spacial score (nSPS) is 13.6. The average molecular weight is 285 g/mol. The Kier molecular flexibility index (Phi) is 5.65. The van der Waals surface area contributed by atoms with Gasteiger partial charge in [0.25, 0.3) is 0 Å². The van der Waals surface area contributed by atoms with Crippen LogP contribution in [0.15, 0.2) is 17.5 Å². The van der Waals surface area contributed by atoms with Crippen LogP contribution in [0.3, 0.4) is 0 Å². The lowest BCUT2D eigenvalue weighted by molar-refractivity contribution is -0.144. The molecule has 0 bridgehead atoms. The van der Waals surface area contributed by atoms with Gasteiger partial charge in [0.15, 0.2) is 11.8 Å². The number of aliphatic hydroxyl groups excluding tert-OH is 1. The van der Waals surface area contributed by atoms with Gasteiger partial charge < -0.3 is 15.5 Å². The highest BCUT2D eigenvalue weighted by atomic mass is 32.1. The monoisotopic (exact) mass is 285 g/mol. The molecule has 2 atom stereocenters. The van der Waals surface area contributed by atoms with E-state index in [0.29, 0.717) is 4.88 Å². The number of aliphatic hydroxyl groups is 1. The van der Waals surface area contributed by atoms with Gasteiger partial charge in [0, 0.05) is 12.8 Å². The molecule has 1 aromatic rings. The zero-order valence-electron chi connectivity index (χ0n) is 10.3. The highest BCUT2D eigenvalue weighted by molar-refractivity contribution is 7.12. The number of hydrogen-bond donors (Lipinski definition) is 3. The lowest BCUT2D eigenvalue weighted by Crippen LogP contribution is -2.47. The number of carboxylic acid groups (broad SMARTS) is 1. The highest BCUT2D eigenvalue weighted by Crippen LogP contribution is 2.12. The fraction of sp³-hybridized carbons (Fsp3) is 0.417. The van der Waals surface area contributed by atoms with Gasteiger partial charge in [-0.25, -0.2) is 4.79 Å². The van der Waals surface area contributed by atoms with Crippen molar-refractivity contribution in [2.24, 2.45) is 0 Å². The third kappa shape index (κ3) is 4.80. The molecule has 0 aromatic carbocycles. The van der Waals surface area contributed by atoms with Crippen LogP contribution >= 0.6 is 11.3 Å². The Morgan fingerprint density at radius 2 is 2.05 bits per heavy atom. The molecule has 19 heavy (non-hydrogen) atoms. The summed E-state index contributed by atoms with van der Waals surface area (Å²) in [6, 6.07) is 2.05. The minimum atomic E-state index is -1.36. The van der Waals surface area contributed by atoms with E-state index in [2.05, 4.69) is 5.32 Å². The molecule has 0 aliphatic carbocycles. The molecule has 0 saturated heterocycles. The molecule has 104 valence electrons. The Bertz CT molecular complexity index is 455. The first-order chi connectivity index (χ1) is 8.91. The summed E-state index contributed by atoms with van der Waals surface area (Å²) in [6.45, 7) is 1.27. The number of thiophene rings is 1. The summed E-state index contributed by atoms with van der Waals surface area (Å²) in [6.07, 6.45) is -1.29. The van der Waals surface area contributed by atoms with E-state index in [1.54, 1.807) is 17.5 Å². The molecule has 0 fully saturated rings. The summed E-state index contributed by atoms with van der Waals surface area (Å²) < 4.78 is 0. The second-order valence-corrected chi connectivity index (χ2v) is 4.97. The number of hydrogen-bond acceptors (Lipinski definition) is 5. The van der Waals surface area contributed by atoms with Crippen molar-refractivity contribution in [3.63, 3.8) is 0 Å². The Hall–Kier alpha value is -1.73. The molecule has 1 rings (SSSR count). The molecule has 0 radical (unpaired) electrons. The van der Waals surface area contributed by atoms with Gasteiger partial charge in [-0.15, -0.1) is 11.3 Å². The number of Topliss-reactive ketones (excluding diaryl/α,β-unsaturated/α-hetero) is 1. The third-order valence-corrected chi connectivity index (χ3v) is 3.35. The summed E-state index contributed by atoms with van der Waals surface area (Å²) in [5, 5.41) is 21.9. The number of carbonyl (C=O) groups excluding carboxylic acids is 2. The predicted octanol–water partition coefficient (Wildman–Crippen LogP) is 0.661. The van der Waals surface area contributed by atoms with Gasteiger partial charge in [0.05, 0.1) is 11.0 Å². The second-order valence-electron chi connectivity index (χ2n) is 4.02. The maximum atomic E-state index is 11.6. The highest BCUT2D eigenvalue weighted by Gasteiger charge is 2.25. The summed E-state index contributed by atoms with van der Waals surface area (Å²) in [4.78, 5) is 34.5. The molecule has 6 nitrogen and oxygen atoms in total. The molecule has 1 heterocycles.